The summed E-state index contributed by atoms with van der Waals surface area (Å²) >= 11 is 0. The number of rotatable bonds is 3. The van der Waals surface area contributed by atoms with Crippen molar-refractivity contribution in [2.45, 2.75) is 19.4 Å². The lowest BCUT2D eigenvalue weighted by atomic mass is 10.1. The summed E-state index contributed by atoms with van der Waals surface area (Å²) in [6, 6.07) is 5.84. The van der Waals surface area contributed by atoms with E-state index in [1.807, 2.05) is 25.1 Å². The molecular weight excluding hydrogens is 272 g/mol. The molecule has 2 heterocycles. The lowest BCUT2D eigenvalue weighted by Gasteiger charge is -2.31. The Morgan fingerprint density at radius 3 is 3.10 bits per heavy atom. The number of hydrogen-bond donors (Lipinski definition) is 1. The van der Waals surface area contributed by atoms with Crippen molar-refractivity contribution in [1.29, 1.82) is 0 Å². The number of fused-ring (bicyclic) bond motifs is 1. The fourth-order valence-electron chi connectivity index (χ4n) is 2.52. The number of ether oxygens (including phenoxy) is 3. The lowest BCUT2D eigenvalue weighted by Crippen LogP contribution is -2.49. The number of carbonyl (C=O) groups excluding carboxylic acids is 1. The first-order chi connectivity index (χ1) is 10.2. The van der Waals surface area contributed by atoms with Crippen LogP contribution in [0.3, 0.4) is 0 Å². The highest BCUT2D eigenvalue weighted by Crippen LogP contribution is 2.32. The maximum absolute atomic E-state index is 12.0. The van der Waals surface area contributed by atoms with Gasteiger partial charge in [0.2, 0.25) is 6.79 Å². The molecule has 1 aromatic carbocycles. The molecule has 114 valence electrons. The minimum absolute atomic E-state index is 0.0223. The molecule has 0 aromatic heterocycles. The van der Waals surface area contributed by atoms with Gasteiger partial charge in [0.1, 0.15) is 0 Å². The molecule has 1 aromatic rings. The zero-order chi connectivity index (χ0) is 14.7. The second-order valence-corrected chi connectivity index (χ2v) is 5.30. The fraction of sp³-hybridized carbons (Fsp3) is 0.533. The molecule has 2 amide bonds. The van der Waals surface area contributed by atoms with Crippen LogP contribution in [-0.4, -0.2) is 50.1 Å². The number of amides is 2. The van der Waals surface area contributed by atoms with Crippen molar-refractivity contribution in [3.63, 3.8) is 0 Å². The van der Waals surface area contributed by atoms with Crippen molar-refractivity contribution in [3.05, 3.63) is 23.8 Å². The number of benzene rings is 1. The van der Waals surface area contributed by atoms with Crippen LogP contribution in [0.2, 0.25) is 0 Å². The van der Waals surface area contributed by atoms with Gasteiger partial charge in [-0.3, -0.25) is 0 Å². The number of nitrogens with one attached hydrogen (secondary N) is 1. The second kappa shape index (κ2) is 6.22. The van der Waals surface area contributed by atoms with Crippen LogP contribution in [0.25, 0.3) is 0 Å². The summed E-state index contributed by atoms with van der Waals surface area (Å²) in [6.07, 6.45) is 0.876. The van der Waals surface area contributed by atoms with Crippen LogP contribution in [0.5, 0.6) is 11.5 Å². The largest absolute Gasteiger partial charge is 0.454 e. The Hall–Kier alpha value is -1.95. The van der Waals surface area contributed by atoms with E-state index in [4.69, 9.17) is 14.2 Å². The molecule has 0 bridgehead atoms. The second-order valence-electron chi connectivity index (χ2n) is 5.30. The number of carbonyl (C=O) groups is 1. The number of hydrogen-bond acceptors (Lipinski definition) is 4. The fourth-order valence-corrected chi connectivity index (χ4v) is 2.52. The van der Waals surface area contributed by atoms with Crippen molar-refractivity contribution in [2.75, 3.05) is 33.0 Å². The average molecular weight is 292 g/mol. The molecule has 2 aliphatic heterocycles. The van der Waals surface area contributed by atoms with Gasteiger partial charge in [0.15, 0.2) is 11.5 Å². The smallest absolute Gasteiger partial charge is 0.317 e. The monoisotopic (exact) mass is 292 g/mol. The third-order valence-electron chi connectivity index (χ3n) is 3.66. The van der Waals surface area contributed by atoms with E-state index in [9.17, 15) is 4.79 Å². The summed E-state index contributed by atoms with van der Waals surface area (Å²) in [5, 5.41) is 2.95. The molecule has 3 rings (SSSR count). The molecule has 6 nitrogen and oxygen atoms in total. The molecule has 21 heavy (non-hydrogen) atoms. The Morgan fingerprint density at radius 1 is 1.38 bits per heavy atom. The van der Waals surface area contributed by atoms with Gasteiger partial charge < -0.3 is 24.4 Å². The van der Waals surface area contributed by atoms with Gasteiger partial charge in [0.25, 0.3) is 0 Å². The minimum atomic E-state index is -0.0223. The summed E-state index contributed by atoms with van der Waals surface area (Å²) in [7, 11) is 0. The number of urea groups is 1. The van der Waals surface area contributed by atoms with Crippen LogP contribution in [0.15, 0.2) is 18.2 Å². The van der Waals surface area contributed by atoms with E-state index < -0.39 is 0 Å². The summed E-state index contributed by atoms with van der Waals surface area (Å²) in [6.45, 7) is 4.77. The molecule has 0 unspecified atom stereocenters. The Kier molecular flexibility index (Phi) is 4.15. The van der Waals surface area contributed by atoms with Gasteiger partial charge in [-0.1, -0.05) is 6.07 Å². The first-order valence-corrected chi connectivity index (χ1v) is 7.25. The van der Waals surface area contributed by atoms with Gasteiger partial charge in [-0.15, -0.1) is 0 Å². The van der Waals surface area contributed by atoms with E-state index >= 15 is 0 Å². The van der Waals surface area contributed by atoms with E-state index in [0.717, 1.165) is 23.5 Å². The highest BCUT2D eigenvalue weighted by atomic mass is 16.7. The SMILES string of the molecule is C[C@H]1CN(C(=O)NCCc2ccc3c(c2)OCO3)CCO1. The quantitative estimate of drug-likeness (QED) is 0.914. The molecule has 0 aliphatic carbocycles. The molecule has 1 atom stereocenters. The van der Waals surface area contributed by atoms with Crippen molar-refractivity contribution in [2.24, 2.45) is 0 Å². The third-order valence-corrected chi connectivity index (χ3v) is 3.66. The molecule has 1 fully saturated rings. The molecule has 6 heteroatoms. The highest BCUT2D eigenvalue weighted by Gasteiger charge is 2.20. The summed E-state index contributed by atoms with van der Waals surface area (Å²) in [5.74, 6) is 1.56. The lowest BCUT2D eigenvalue weighted by molar-refractivity contribution is -0.00342. The number of nitrogens with zero attached hydrogens (tertiary/aromatic N) is 1. The van der Waals surface area contributed by atoms with Gasteiger partial charge in [-0.25, -0.2) is 4.79 Å². The van der Waals surface area contributed by atoms with Crippen LogP contribution in [0.4, 0.5) is 4.79 Å². The van der Waals surface area contributed by atoms with Crippen molar-refractivity contribution >= 4 is 6.03 Å². The normalized spacial score (nSPS) is 20.4. The Balaban J connectivity index is 1.46. The van der Waals surface area contributed by atoms with Crippen LogP contribution >= 0.6 is 0 Å². The van der Waals surface area contributed by atoms with Crippen LogP contribution in [0, 0.1) is 0 Å². The summed E-state index contributed by atoms with van der Waals surface area (Å²) in [4.78, 5) is 13.8. The van der Waals surface area contributed by atoms with E-state index in [1.54, 1.807) is 4.90 Å². The van der Waals surface area contributed by atoms with Gasteiger partial charge in [0, 0.05) is 19.6 Å². The average Bonchev–Trinajstić information content (AvgIpc) is 2.94. The molecule has 0 spiro atoms. The maximum Gasteiger partial charge on any atom is 0.317 e. The zero-order valence-corrected chi connectivity index (χ0v) is 12.1. The van der Waals surface area contributed by atoms with Crippen molar-refractivity contribution < 1.29 is 19.0 Å². The molecule has 0 saturated carbocycles. The van der Waals surface area contributed by atoms with Crippen molar-refractivity contribution in [3.8, 4) is 11.5 Å². The van der Waals surface area contributed by atoms with E-state index in [2.05, 4.69) is 5.32 Å². The molecule has 1 saturated heterocycles. The first-order valence-electron chi connectivity index (χ1n) is 7.25. The summed E-state index contributed by atoms with van der Waals surface area (Å²) in [5.41, 5.74) is 1.12. The highest BCUT2D eigenvalue weighted by molar-refractivity contribution is 5.74. The van der Waals surface area contributed by atoms with E-state index in [1.165, 1.54) is 0 Å². The zero-order valence-electron chi connectivity index (χ0n) is 12.1. The van der Waals surface area contributed by atoms with Gasteiger partial charge in [0.05, 0.1) is 12.7 Å². The topological polar surface area (TPSA) is 60.0 Å². The third kappa shape index (κ3) is 3.39. The van der Waals surface area contributed by atoms with Gasteiger partial charge in [-0.2, -0.15) is 0 Å². The van der Waals surface area contributed by atoms with E-state index in [0.29, 0.717) is 26.2 Å². The van der Waals surface area contributed by atoms with Gasteiger partial charge in [-0.05, 0) is 31.0 Å². The minimum Gasteiger partial charge on any atom is -0.454 e. The predicted octanol–water partition coefficient (Wildman–Crippen LogP) is 1.39. The Bertz CT molecular complexity index is 520. The van der Waals surface area contributed by atoms with E-state index in [-0.39, 0.29) is 18.9 Å². The summed E-state index contributed by atoms with van der Waals surface area (Å²) < 4.78 is 16.0. The predicted molar refractivity (Wildman–Crippen MR) is 76.7 cm³/mol. The Morgan fingerprint density at radius 2 is 2.24 bits per heavy atom. The molecule has 1 N–H and O–H groups in total. The van der Waals surface area contributed by atoms with Crippen LogP contribution in [-0.2, 0) is 11.2 Å². The first kappa shape index (κ1) is 14.0. The van der Waals surface area contributed by atoms with Crippen molar-refractivity contribution in [1.82, 2.24) is 10.2 Å². The molecule has 0 radical (unpaired) electrons. The van der Waals surface area contributed by atoms with Crippen LogP contribution in [0.1, 0.15) is 12.5 Å². The molecule has 2 aliphatic rings. The van der Waals surface area contributed by atoms with Crippen LogP contribution < -0.4 is 14.8 Å². The number of morpholine rings is 1. The Labute approximate surface area is 124 Å². The standard InChI is InChI=1S/C15H20N2O4/c1-11-9-17(6-7-19-11)15(18)16-5-4-12-2-3-13-14(8-12)21-10-20-13/h2-3,8,11H,4-7,9-10H2,1H3,(H,16,18)/t11-/m0/s1. The molecular formula is C15H20N2O4. The maximum atomic E-state index is 12.0. The van der Waals surface area contributed by atoms with Gasteiger partial charge >= 0.3 is 6.03 Å².